The van der Waals surface area contributed by atoms with Crippen LogP contribution in [0.1, 0.15) is 16.8 Å². The number of halogens is 1. The van der Waals surface area contributed by atoms with Crippen molar-refractivity contribution in [1.82, 2.24) is 4.98 Å². The fourth-order valence-electron chi connectivity index (χ4n) is 3.42. The number of ether oxygens (including phenoxy) is 1. The van der Waals surface area contributed by atoms with E-state index in [1.165, 1.54) is 6.07 Å². The van der Waals surface area contributed by atoms with Crippen LogP contribution >= 0.6 is 0 Å². The van der Waals surface area contributed by atoms with Crippen molar-refractivity contribution in [2.24, 2.45) is 0 Å². The minimum Gasteiger partial charge on any atom is -0.488 e. The number of hydrogen-bond acceptors (Lipinski definition) is 3. The van der Waals surface area contributed by atoms with Crippen LogP contribution in [-0.4, -0.2) is 4.98 Å². The molecule has 0 atom stereocenters. The Labute approximate surface area is 166 Å². The number of benzene rings is 3. The average Bonchev–Trinajstić information content (AvgIpc) is 2.72. The molecule has 4 nitrogen and oxygen atoms in total. The Balaban J connectivity index is 1.93. The molecular formula is C24H17FN2O2. The lowest BCUT2D eigenvalue weighted by atomic mass is 9.94. The number of nitriles is 1. The molecule has 0 aliphatic heterocycles. The fourth-order valence-corrected chi connectivity index (χ4v) is 3.42. The van der Waals surface area contributed by atoms with Gasteiger partial charge in [0.15, 0.2) is 0 Å². The molecule has 1 aromatic heterocycles. The Hall–Kier alpha value is -3.91. The van der Waals surface area contributed by atoms with Crippen LogP contribution in [-0.2, 0) is 6.61 Å². The first-order chi connectivity index (χ1) is 14.1. The maximum absolute atomic E-state index is 14.0. The molecule has 0 aliphatic carbocycles. The van der Waals surface area contributed by atoms with Crippen molar-refractivity contribution in [3.8, 4) is 22.9 Å². The molecule has 3 aromatic carbocycles. The van der Waals surface area contributed by atoms with Gasteiger partial charge in [0, 0.05) is 22.4 Å². The van der Waals surface area contributed by atoms with E-state index in [0.29, 0.717) is 28.1 Å². The maximum atomic E-state index is 14.0. The second-order valence-electron chi connectivity index (χ2n) is 6.72. The van der Waals surface area contributed by atoms with Crippen molar-refractivity contribution < 1.29 is 9.13 Å². The van der Waals surface area contributed by atoms with E-state index in [1.807, 2.05) is 36.4 Å². The van der Waals surface area contributed by atoms with Gasteiger partial charge < -0.3 is 9.72 Å². The molecule has 0 fully saturated rings. The fraction of sp³-hybridized carbons (Fsp3) is 0.0833. The van der Waals surface area contributed by atoms with Crippen LogP contribution < -0.4 is 10.3 Å². The van der Waals surface area contributed by atoms with Crippen LogP contribution in [0.4, 0.5) is 4.39 Å². The molecule has 0 aliphatic rings. The molecule has 4 aromatic rings. The molecule has 0 radical (unpaired) electrons. The summed E-state index contributed by atoms with van der Waals surface area (Å²) in [6.45, 7) is 1.79. The Morgan fingerprint density at radius 2 is 1.83 bits per heavy atom. The first-order valence-electron chi connectivity index (χ1n) is 9.11. The smallest absolute Gasteiger partial charge is 0.266 e. The van der Waals surface area contributed by atoms with Gasteiger partial charge in [0.25, 0.3) is 5.56 Å². The predicted octanol–water partition coefficient (Wildman–Crippen LogP) is 5.09. The molecule has 0 unspecified atom stereocenters. The third-order valence-electron chi connectivity index (χ3n) is 4.78. The van der Waals surface area contributed by atoms with Crippen LogP contribution in [0.15, 0.2) is 71.5 Å². The summed E-state index contributed by atoms with van der Waals surface area (Å²) >= 11 is 0. The van der Waals surface area contributed by atoms with Crippen molar-refractivity contribution >= 4 is 10.8 Å². The zero-order valence-corrected chi connectivity index (χ0v) is 15.7. The van der Waals surface area contributed by atoms with E-state index in [1.54, 1.807) is 37.3 Å². The number of aromatic nitrogens is 1. The Bertz CT molecular complexity index is 1320. The number of rotatable bonds is 4. The second-order valence-corrected chi connectivity index (χ2v) is 6.72. The van der Waals surface area contributed by atoms with Gasteiger partial charge in [0.1, 0.15) is 29.8 Å². The maximum Gasteiger partial charge on any atom is 0.266 e. The van der Waals surface area contributed by atoms with Crippen molar-refractivity contribution in [1.29, 1.82) is 5.26 Å². The molecule has 1 N–H and O–H groups in total. The van der Waals surface area contributed by atoms with Crippen LogP contribution in [0.2, 0.25) is 0 Å². The van der Waals surface area contributed by atoms with Gasteiger partial charge in [-0.15, -0.1) is 0 Å². The number of nitrogens with one attached hydrogen (secondary N) is 1. The summed E-state index contributed by atoms with van der Waals surface area (Å²) in [6, 6.07) is 21.5. The van der Waals surface area contributed by atoms with E-state index in [9.17, 15) is 14.4 Å². The second kappa shape index (κ2) is 7.61. The van der Waals surface area contributed by atoms with Crippen molar-refractivity contribution in [3.63, 3.8) is 0 Å². The molecule has 0 spiro atoms. The standard InChI is InChI=1S/C24H17FN2O2/c1-15-12-19(20(13-26)24(28)27-15)23-18-8-4-2-6-16(18)10-11-22(23)29-14-17-7-3-5-9-21(17)25/h2-12H,14H2,1H3,(H,27,28). The number of pyridine rings is 1. The van der Waals surface area contributed by atoms with E-state index in [-0.39, 0.29) is 18.0 Å². The van der Waals surface area contributed by atoms with Gasteiger partial charge in [0.2, 0.25) is 0 Å². The molecule has 0 saturated carbocycles. The highest BCUT2D eigenvalue weighted by atomic mass is 19.1. The number of aromatic amines is 1. The lowest BCUT2D eigenvalue weighted by Gasteiger charge is -2.16. The molecule has 4 rings (SSSR count). The summed E-state index contributed by atoms with van der Waals surface area (Å²) in [7, 11) is 0. The quantitative estimate of drug-likeness (QED) is 0.533. The van der Waals surface area contributed by atoms with Crippen LogP contribution in [0, 0.1) is 24.1 Å². The predicted molar refractivity (Wildman–Crippen MR) is 110 cm³/mol. The summed E-state index contributed by atoms with van der Waals surface area (Å²) in [5, 5.41) is 11.4. The van der Waals surface area contributed by atoms with Crippen molar-refractivity contribution in [2.45, 2.75) is 13.5 Å². The monoisotopic (exact) mass is 384 g/mol. The highest BCUT2D eigenvalue weighted by Gasteiger charge is 2.18. The summed E-state index contributed by atoms with van der Waals surface area (Å²) in [4.78, 5) is 15.0. The summed E-state index contributed by atoms with van der Waals surface area (Å²) in [5.74, 6) is 0.132. The number of fused-ring (bicyclic) bond motifs is 1. The molecule has 0 saturated heterocycles. The van der Waals surface area contributed by atoms with Crippen molar-refractivity contribution in [2.75, 3.05) is 0 Å². The highest BCUT2D eigenvalue weighted by molar-refractivity contribution is 6.00. The summed E-state index contributed by atoms with van der Waals surface area (Å²) in [6.07, 6.45) is 0. The van der Waals surface area contributed by atoms with Gasteiger partial charge in [-0.25, -0.2) is 4.39 Å². The van der Waals surface area contributed by atoms with E-state index in [0.717, 1.165) is 10.8 Å². The molecule has 1 heterocycles. The van der Waals surface area contributed by atoms with Gasteiger partial charge in [-0.3, -0.25) is 4.79 Å². The van der Waals surface area contributed by atoms with E-state index in [2.05, 4.69) is 4.98 Å². The van der Waals surface area contributed by atoms with Gasteiger partial charge in [-0.2, -0.15) is 5.26 Å². The largest absolute Gasteiger partial charge is 0.488 e. The molecule has 0 amide bonds. The molecule has 29 heavy (non-hydrogen) atoms. The zero-order valence-electron chi connectivity index (χ0n) is 15.7. The molecular weight excluding hydrogens is 367 g/mol. The normalized spacial score (nSPS) is 10.7. The van der Waals surface area contributed by atoms with Crippen LogP contribution in [0.25, 0.3) is 21.9 Å². The third kappa shape index (κ3) is 3.48. The minimum absolute atomic E-state index is 0.0164. The van der Waals surface area contributed by atoms with Gasteiger partial charge >= 0.3 is 0 Å². The van der Waals surface area contributed by atoms with Gasteiger partial charge in [0.05, 0.1) is 0 Å². The first kappa shape index (κ1) is 18.5. The Kier molecular flexibility index (Phi) is 4.84. The summed E-state index contributed by atoms with van der Waals surface area (Å²) < 4.78 is 20.0. The first-order valence-corrected chi connectivity index (χ1v) is 9.11. The number of H-pyrrole nitrogens is 1. The van der Waals surface area contributed by atoms with Crippen molar-refractivity contribution in [3.05, 3.63) is 99.7 Å². The SMILES string of the molecule is Cc1cc(-c2c(OCc3ccccc3F)ccc3ccccc23)c(C#N)c(=O)[nH]1. The molecule has 0 bridgehead atoms. The highest BCUT2D eigenvalue weighted by Crippen LogP contribution is 2.38. The third-order valence-corrected chi connectivity index (χ3v) is 4.78. The Morgan fingerprint density at radius 3 is 2.62 bits per heavy atom. The Morgan fingerprint density at radius 1 is 1.07 bits per heavy atom. The molecule has 142 valence electrons. The number of aryl methyl sites for hydroxylation is 1. The van der Waals surface area contributed by atoms with Gasteiger partial charge in [-0.05, 0) is 35.9 Å². The van der Waals surface area contributed by atoms with E-state index in [4.69, 9.17) is 4.74 Å². The topological polar surface area (TPSA) is 65.9 Å². The van der Waals surface area contributed by atoms with Gasteiger partial charge in [-0.1, -0.05) is 48.5 Å². The zero-order chi connectivity index (χ0) is 20.4. The van der Waals surface area contributed by atoms with E-state index < -0.39 is 5.56 Å². The van der Waals surface area contributed by atoms with Crippen LogP contribution in [0.3, 0.4) is 0 Å². The summed E-state index contributed by atoms with van der Waals surface area (Å²) in [5.41, 5.74) is 1.77. The van der Waals surface area contributed by atoms with E-state index >= 15 is 0 Å². The molecule has 5 heteroatoms. The average molecular weight is 384 g/mol. The number of nitrogens with zero attached hydrogens (tertiary/aromatic N) is 1. The minimum atomic E-state index is -0.449. The lowest BCUT2D eigenvalue weighted by molar-refractivity contribution is 0.301. The lowest BCUT2D eigenvalue weighted by Crippen LogP contribution is -2.13. The number of hydrogen-bond donors (Lipinski definition) is 1. The van der Waals surface area contributed by atoms with Crippen LogP contribution in [0.5, 0.6) is 5.75 Å².